The third-order valence-corrected chi connectivity index (χ3v) is 2.00. The highest BCUT2D eigenvalue weighted by Crippen LogP contribution is 2.22. The number of rotatable bonds is 2. The Labute approximate surface area is 76.9 Å². The molecule has 0 spiro atoms. The van der Waals surface area contributed by atoms with Crippen molar-refractivity contribution in [2.45, 2.75) is 13.8 Å². The summed E-state index contributed by atoms with van der Waals surface area (Å²) in [6.07, 6.45) is 1.70. The van der Waals surface area contributed by atoms with Crippen molar-refractivity contribution < 1.29 is 4.92 Å². The average Bonchev–Trinajstić information content (AvgIpc) is 2.07. The normalized spacial score (nSPS) is 9.69. The van der Waals surface area contributed by atoms with Crippen molar-refractivity contribution in [3.8, 4) is 0 Å². The molecule has 0 atom stereocenters. The molecule has 0 bridgehead atoms. The molecule has 1 rings (SSSR count). The molecule has 3 nitrogen and oxygen atoms in total. The first kappa shape index (κ1) is 9.45. The largest absolute Gasteiger partial charge is 0.272 e. The van der Waals surface area contributed by atoms with Crippen LogP contribution in [-0.2, 0) is 0 Å². The molecule has 3 heteroatoms. The number of nitro groups is 1. The van der Waals surface area contributed by atoms with Gasteiger partial charge in [0.15, 0.2) is 0 Å². The molecular formula is C10H11NO2. The summed E-state index contributed by atoms with van der Waals surface area (Å²) >= 11 is 0. The van der Waals surface area contributed by atoms with Gasteiger partial charge in [0.25, 0.3) is 5.69 Å². The minimum Gasteiger partial charge on any atom is -0.258 e. The molecule has 1 aromatic carbocycles. The molecule has 1 aromatic rings. The van der Waals surface area contributed by atoms with Crippen molar-refractivity contribution in [1.29, 1.82) is 0 Å². The third-order valence-electron chi connectivity index (χ3n) is 2.00. The second kappa shape index (κ2) is 3.39. The van der Waals surface area contributed by atoms with Crippen molar-refractivity contribution in [2.24, 2.45) is 0 Å². The Bertz CT molecular complexity index is 369. The fourth-order valence-corrected chi connectivity index (χ4v) is 1.24. The Hall–Kier alpha value is -1.64. The van der Waals surface area contributed by atoms with Gasteiger partial charge in [-0.05, 0) is 31.0 Å². The van der Waals surface area contributed by atoms with E-state index >= 15 is 0 Å². The number of nitro benzene ring substituents is 1. The molecule has 0 saturated heterocycles. The van der Waals surface area contributed by atoms with Crippen LogP contribution in [0.5, 0.6) is 0 Å². The lowest BCUT2D eigenvalue weighted by atomic mass is 10.0. The van der Waals surface area contributed by atoms with Gasteiger partial charge in [-0.15, -0.1) is 0 Å². The highest BCUT2D eigenvalue weighted by atomic mass is 16.6. The maximum Gasteiger partial charge on any atom is 0.272 e. The van der Waals surface area contributed by atoms with Crippen LogP contribution in [0.3, 0.4) is 0 Å². The van der Waals surface area contributed by atoms with Gasteiger partial charge >= 0.3 is 0 Å². The second-order valence-electron chi connectivity index (χ2n) is 2.96. The van der Waals surface area contributed by atoms with Crippen LogP contribution in [0.25, 0.3) is 6.08 Å². The van der Waals surface area contributed by atoms with Gasteiger partial charge in [-0.25, -0.2) is 0 Å². The minimum absolute atomic E-state index is 0.170. The quantitative estimate of drug-likeness (QED) is 0.515. The van der Waals surface area contributed by atoms with Crippen LogP contribution in [0.4, 0.5) is 5.69 Å². The number of nitrogens with zero attached hydrogens (tertiary/aromatic N) is 1. The van der Waals surface area contributed by atoms with Gasteiger partial charge in [-0.1, -0.05) is 12.7 Å². The smallest absolute Gasteiger partial charge is 0.258 e. The molecule has 68 valence electrons. The third kappa shape index (κ3) is 1.75. The van der Waals surface area contributed by atoms with E-state index in [0.717, 1.165) is 11.1 Å². The van der Waals surface area contributed by atoms with Gasteiger partial charge in [0.1, 0.15) is 0 Å². The number of hydrogen-bond acceptors (Lipinski definition) is 2. The minimum atomic E-state index is -0.366. The Morgan fingerprint density at radius 3 is 2.46 bits per heavy atom. The predicted octanol–water partition coefficient (Wildman–Crippen LogP) is 2.85. The molecule has 0 N–H and O–H groups in total. The molecule has 0 saturated carbocycles. The van der Waals surface area contributed by atoms with E-state index in [-0.39, 0.29) is 10.6 Å². The standard InChI is InChI=1S/C10H11NO2/c1-4-9-5-8(3)10(11(12)13)6-7(9)2/h4-6H,1H2,2-3H3. The first-order chi connectivity index (χ1) is 6.06. The number of hydrogen-bond donors (Lipinski definition) is 0. The zero-order valence-electron chi connectivity index (χ0n) is 7.70. The van der Waals surface area contributed by atoms with Gasteiger partial charge in [0.2, 0.25) is 0 Å². The fraction of sp³-hybridized carbons (Fsp3) is 0.200. The average molecular weight is 177 g/mol. The number of aryl methyl sites for hydroxylation is 2. The summed E-state index contributed by atoms with van der Waals surface area (Å²) < 4.78 is 0. The van der Waals surface area contributed by atoms with E-state index in [1.54, 1.807) is 25.1 Å². The van der Waals surface area contributed by atoms with Crippen LogP contribution in [0, 0.1) is 24.0 Å². The summed E-state index contributed by atoms with van der Waals surface area (Å²) in [4.78, 5) is 10.2. The molecule has 0 unspecified atom stereocenters. The zero-order chi connectivity index (χ0) is 10.0. The predicted molar refractivity (Wildman–Crippen MR) is 52.7 cm³/mol. The molecule has 0 aromatic heterocycles. The molecule has 0 aliphatic rings. The molecule has 13 heavy (non-hydrogen) atoms. The van der Waals surface area contributed by atoms with Crippen LogP contribution >= 0.6 is 0 Å². The number of benzene rings is 1. The van der Waals surface area contributed by atoms with Gasteiger partial charge in [-0.3, -0.25) is 10.1 Å². The summed E-state index contributed by atoms with van der Waals surface area (Å²) in [6.45, 7) is 7.20. The van der Waals surface area contributed by atoms with Crippen LogP contribution in [0.1, 0.15) is 16.7 Å². The molecule has 0 fully saturated rings. The van der Waals surface area contributed by atoms with E-state index in [1.807, 2.05) is 6.92 Å². The molecule has 0 heterocycles. The van der Waals surface area contributed by atoms with E-state index in [2.05, 4.69) is 6.58 Å². The molecular weight excluding hydrogens is 166 g/mol. The van der Waals surface area contributed by atoms with Gasteiger partial charge in [-0.2, -0.15) is 0 Å². The van der Waals surface area contributed by atoms with Gasteiger partial charge in [0, 0.05) is 11.6 Å². The Balaban J connectivity index is 3.36. The second-order valence-corrected chi connectivity index (χ2v) is 2.96. The summed E-state index contributed by atoms with van der Waals surface area (Å²) in [5, 5.41) is 10.6. The fourth-order valence-electron chi connectivity index (χ4n) is 1.24. The maximum atomic E-state index is 10.6. The lowest BCUT2D eigenvalue weighted by Gasteiger charge is -2.02. The first-order valence-corrected chi connectivity index (χ1v) is 3.94. The van der Waals surface area contributed by atoms with Crippen LogP contribution in [0.15, 0.2) is 18.7 Å². The van der Waals surface area contributed by atoms with Crippen LogP contribution in [0.2, 0.25) is 0 Å². The van der Waals surface area contributed by atoms with Gasteiger partial charge in [0.05, 0.1) is 4.92 Å². The maximum absolute atomic E-state index is 10.6. The van der Waals surface area contributed by atoms with E-state index in [4.69, 9.17) is 0 Å². The highest BCUT2D eigenvalue weighted by Gasteiger charge is 2.11. The van der Waals surface area contributed by atoms with Crippen molar-refractivity contribution in [1.82, 2.24) is 0 Å². The van der Waals surface area contributed by atoms with E-state index in [1.165, 1.54) is 0 Å². The zero-order valence-corrected chi connectivity index (χ0v) is 7.70. The summed E-state index contributed by atoms with van der Waals surface area (Å²) in [6, 6.07) is 3.35. The molecule has 0 aliphatic heterocycles. The molecule has 0 aliphatic carbocycles. The molecule has 0 radical (unpaired) electrons. The topological polar surface area (TPSA) is 43.1 Å². The van der Waals surface area contributed by atoms with E-state index in [9.17, 15) is 10.1 Å². The van der Waals surface area contributed by atoms with Crippen LogP contribution < -0.4 is 0 Å². The molecule has 0 amide bonds. The SMILES string of the molecule is C=Cc1cc(C)c([N+](=O)[O-])cc1C. The summed E-state index contributed by atoms with van der Waals surface area (Å²) in [5.74, 6) is 0. The monoisotopic (exact) mass is 177 g/mol. The van der Waals surface area contributed by atoms with E-state index in [0.29, 0.717) is 5.56 Å². The Morgan fingerprint density at radius 2 is 2.00 bits per heavy atom. The van der Waals surface area contributed by atoms with Crippen molar-refractivity contribution >= 4 is 11.8 Å². The Kier molecular flexibility index (Phi) is 2.46. The summed E-state index contributed by atoms with van der Waals surface area (Å²) in [7, 11) is 0. The highest BCUT2D eigenvalue weighted by molar-refractivity contribution is 5.58. The van der Waals surface area contributed by atoms with Crippen LogP contribution in [-0.4, -0.2) is 4.92 Å². The van der Waals surface area contributed by atoms with Crippen molar-refractivity contribution in [3.63, 3.8) is 0 Å². The van der Waals surface area contributed by atoms with E-state index < -0.39 is 0 Å². The lowest BCUT2D eigenvalue weighted by Crippen LogP contribution is -1.93. The van der Waals surface area contributed by atoms with Gasteiger partial charge < -0.3 is 0 Å². The van der Waals surface area contributed by atoms with Crippen molar-refractivity contribution in [3.05, 3.63) is 45.5 Å². The first-order valence-electron chi connectivity index (χ1n) is 3.94. The van der Waals surface area contributed by atoms with Crippen molar-refractivity contribution in [2.75, 3.05) is 0 Å². The Morgan fingerprint density at radius 1 is 1.38 bits per heavy atom. The lowest BCUT2D eigenvalue weighted by molar-refractivity contribution is -0.385. The summed E-state index contributed by atoms with van der Waals surface area (Å²) in [5.41, 5.74) is 2.67.